The van der Waals surface area contributed by atoms with Crippen LogP contribution in [0.3, 0.4) is 0 Å². The number of hydrogen-bond donors (Lipinski definition) is 2. The summed E-state index contributed by atoms with van der Waals surface area (Å²) in [6.07, 6.45) is 0.941. The number of methoxy groups -OCH3 is 1. The fourth-order valence-electron chi connectivity index (χ4n) is 2.04. The van der Waals surface area contributed by atoms with Crippen LogP contribution in [0.5, 0.6) is 5.75 Å². The molecule has 1 rings (SSSR count). The molecule has 3 heteroatoms. The molecule has 0 aromatic heterocycles. The van der Waals surface area contributed by atoms with Crippen molar-refractivity contribution < 1.29 is 4.74 Å². The van der Waals surface area contributed by atoms with Gasteiger partial charge in [0.25, 0.3) is 0 Å². The van der Waals surface area contributed by atoms with Gasteiger partial charge in [0.15, 0.2) is 0 Å². The van der Waals surface area contributed by atoms with Gasteiger partial charge in [-0.25, -0.2) is 0 Å². The Balaban J connectivity index is 2.87. The van der Waals surface area contributed by atoms with Gasteiger partial charge in [0.05, 0.1) is 7.11 Å². The molecule has 1 aromatic carbocycles. The van der Waals surface area contributed by atoms with E-state index >= 15 is 0 Å². The third-order valence-corrected chi connectivity index (χ3v) is 3.34. The largest absolute Gasteiger partial charge is 0.496 e. The molecule has 0 saturated heterocycles. The Hall–Kier alpha value is -1.22. The van der Waals surface area contributed by atoms with E-state index in [1.165, 1.54) is 22.4 Å². The molecular weight excluding hydrogens is 224 g/mol. The first-order valence-electron chi connectivity index (χ1n) is 6.44. The molecule has 0 aliphatic carbocycles. The summed E-state index contributed by atoms with van der Waals surface area (Å²) in [5.74, 6) is 0.953. The second kappa shape index (κ2) is 5.61. The quantitative estimate of drug-likeness (QED) is 0.844. The van der Waals surface area contributed by atoms with E-state index in [-0.39, 0.29) is 5.54 Å². The average Bonchev–Trinajstić information content (AvgIpc) is 2.26. The van der Waals surface area contributed by atoms with Crippen LogP contribution in [-0.2, 0) is 0 Å². The molecule has 0 radical (unpaired) electrons. The first-order chi connectivity index (χ1) is 8.26. The van der Waals surface area contributed by atoms with Crippen LogP contribution in [-0.4, -0.2) is 19.2 Å². The Kier molecular flexibility index (Phi) is 4.63. The number of nitrogens with two attached hydrogens (primary N) is 1. The molecule has 0 amide bonds. The van der Waals surface area contributed by atoms with E-state index in [0.29, 0.717) is 0 Å². The molecule has 0 bridgehead atoms. The van der Waals surface area contributed by atoms with Crippen molar-refractivity contribution in [2.45, 2.75) is 46.6 Å². The predicted molar refractivity (Wildman–Crippen MR) is 78.6 cm³/mol. The van der Waals surface area contributed by atoms with Crippen LogP contribution in [0.1, 0.15) is 37.0 Å². The van der Waals surface area contributed by atoms with E-state index in [4.69, 9.17) is 10.5 Å². The van der Waals surface area contributed by atoms with Crippen LogP contribution in [0.15, 0.2) is 6.07 Å². The van der Waals surface area contributed by atoms with Crippen LogP contribution in [0.2, 0.25) is 0 Å². The normalized spacial score (nSPS) is 11.5. The highest BCUT2D eigenvalue weighted by atomic mass is 16.5. The smallest absolute Gasteiger partial charge is 0.122 e. The zero-order chi connectivity index (χ0) is 13.9. The number of rotatable bonds is 5. The third kappa shape index (κ3) is 3.64. The van der Waals surface area contributed by atoms with Gasteiger partial charge in [-0.15, -0.1) is 0 Å². The number of aryl methyl sites for hydroxylation is 1. The first-order valence-corrected chi connectivity index (χ1v) is 6.44. The van der Waals surface area contributed by atoms with E-state index in [0.717, 1.165) is 18.7 Å². The molecule has 0 aliphatic rings. The Labute approximate surface area is 111 Å². The lowest BCUT2D eigenvalue weighted by Crippen LogP contribution is -2.34. The molecule has 0 unspecified atom stereocenters. The van der Waals surface area contributed by atoms with Crippen molar-refractivity contribution in [2.24, 2.45) is 5.73 Å². The average molecular weight is 250 g/mol. The molecule has 0 atom stereocenters. The van der Waals surface area contributed by atoms with E-state index in [1.807, 2.05) is 13.8 Å². The Morgan fingerprint density at radius 3 is 2.33 bits per heavy atom. The van der Waals surface area contributed by atoms with Crippen LogP contribution < -0.4 is 15.8 Å². The summed E-state index contributed by atoms with van der Waals surface area (Å²) < 4.78 is 5.37. The molecule has 3 N–H and O–H groups in total. The molecule has 0 aliphatic heterocycles. The fraction of sp³-hybridized carbons (Fsp3) is 0.600. The summed E-state index contributed by atoms with van der Waals surface area (Å²) in [7, 11) is 1.71. The van der Waals surface area contributed by atoms with E-state index in [2.05, 4.69) is 32.2 Å². The zero-order valence-electron chi connectivity index (χ0n) is 12.5. The molecular formula is C15H26N2O. The van der Waals surface area contributed by atoms with Gasteiger partial charge < -0.3 is 15.8 Å². The molecule has 0 fully saturated rings. The van der Waals surface area contributed by atoms with Gasteiger partial charge in [-0.1, -0.05) is 0 Å². The van der Waals surface area contributed by atoms with Crippen molar-refractivity contribution in [2.75, 3.05) is 19.0 Å². The van der Waals surface area contributed by atoms with Crippen molar-refractivity contribution in [3.8, 4) is 5.75 Å². The summed E-state index contributed by atoms with van der Waals surface area (Å²) in [5, 5.41) is 3.49. The van der Waals surface area contributed by atoms with Gasteiger partial charge in [0.1, 0.15) is 5.75 Å². The lowest BCUT2D eigenvalue weighted by molar-refractivity contribution is 0.411. The highest BCUT2D eigenvalue weighted by Gasteiger charge is 2.13. The maximum atomic E-state index is 5.99. The third-order valence-electron chi connectivity index (χ3n) is 3.34. The molecule has 0 saturated carbocycles. The van der Waals surface area contributed by atoms with Gasteiger partial charge in [-0.05, 0) is 63.8 Å². The number of hydrogen-bond acceptors (Lipinski definition) is 3. The van der Waals surface area contributed by atoms with Crippen LogP contribution in [0.4, 0.5) is 5.69 Å². The maximum Gasteiger partial charge on any atom is 0.122 e. The van der Waals surface area contributed by atoms with Gasteiger partial charge >= 0.3 is 0 Å². The number of benzene rings is 1. The van der Waals surface area contributed by atoms with Gasteiger partial charge in [0.2, 0.25) is 0 Å². The molecule has 0 spiro atoms. The molecule has 1 aromatic rings. The van der Waals surface area contributed by atoms with E-state index in [1.54, 1.807) is 7.11 Å². The first kappa shape index (κ1) is 14.8. The fourth-order valence-corrected chi connectivity index (χ4v) is 2.04. The molecule has 3 nitrogen and oxygen atoms in total. The number of nitrogens with one attached hydrogen (secondary N) is 1. The van der Waals surface area contributed by atoms with Gasteiger partial charge in [-0.2, -0.15) is 0 Å². The highest BCUT2D eigenvalue weighted by molar-refractivity contribution is 5.63. The molecule has 0 heterocycles. The van der Waals surface area contributed by atoms with Gasteiger partial charge in [0, 0.05) is 17.8 Å². The SMILES string of the molecule is COc1cc(C)c(NCCC(C)(C)N)c(C)c1C. The summed E-state index contributed by atoms with van der Waals surface area (Å²) in [6.45, 7) is 11.3. The topological polar surface area (TPSA) is 47.3 Å². The van der Waals surface area contributed by atoms with Gasteiger partial charge in [-0.3, -0.25) is 0 Å². The standard InChI is InChI=1S/C15H26N2O/c1-10-9-13(18-6)11(2)12(3)14(10)17-8-7-15(4,5)16/h9,17H,7-8,16H2,1-6H3. The van der Waals surface area contributed by atoms with E-state index in [9.17, 15) is 0 Å². The monoisotopic (exact) mass is 250 g/mol. The number of anilines is 1. The summed E-state index contributed by atoms with van der Waals surface area (Å²) in [4.78, 5) is 0. The maximum absolute atomic E-state index is 5.99. The van der Waals surface area contributed by atoms with Crippen LogP contribution in [0, 0.1) is 20.8 Å². The molecule has 18 heavy (non-hydrogen) atoms. The molecule has 102 valence electrons. The Morgan fingerprint density at radius 2 is 1.83 bits per heavy atom. The van der Waals surface area contributed by atoms with Crippen LogP contribution >= 0.6 is 0 Å². The predicted octanol–water partition coefficient (Wildman–Crippen LogP) is 3.16. The van der Waals surface area contributed by atoms with Crippen molar-refractivity contribution in [1.82, 2.24) is 0 Å². The highest BCUT2D eigenvalue weighted by Crippen LogP contribution is 2.31. The number of ether oxygens (including phenoxy) is 1. The Bertz CT molecular complexity index is 419. The minimum atomic E-state index is -0.129. The summed E-state index contributed by atoms with van der Waals surface area (Å²) in [6, 6.07) is 2.08. The van der Waals surface area contributed by atoms with Crippen molar-refractivity contribution >= 4 is 5.69 Å². The van der Waals surface area contributed by atoms with Crippen LogP contribution in [0.25, 0.3) is 0 Å². The minimum Gasteiger partial charge on any atom is -0.496 e. The summed E-state index contributed by atoms with van der Waals surface area (Å²) >= 11 is 0. The van der Waals surface area contributed by atoms with Crippen molar-refractivity contribution in [3.63, 3.8) is 0 Å². The van der Waals surface area contributed by atoms with Crippen molar-refractivity contribution in [3.05, 3.63) is 22.8 Å². The second-order valence-electron chi connectivity index (χ2n) is 5.69. The second-order valence-corrected chi connectivity index (χ2v) is 5.69. The van der Waals surface area contributed by atoms with Crippen molar-refractivity contribution in [1.29, 1.82) is 0 Å². The summed E-state index contributed by atoms with van der Waals surface area (Å²) in [5.41, 5.74) is 10.7. The lowest BCUT2D eigenvalue weighted by atomic mass is 10.0. The van der Waals surface area contributed by atoms with E-state index < -0.39 is 0 Å². The Morgan fingerprint density at radius 1 is 1.22 bits per heavy atom. The minimum absolute atomic E-state index is 0.129. The zero-order valence-corrected chi connectivity index (χ0v) is 12.5. The lowest BCUT2D eigenvalue weighted by Gasteiger charge is -2.21.